The lowest BCUT2D eigenvalue weighted by molar-refractivity contribution is 0.101. The largest absolute Gasteiger partial charge is 0.356 e. The summed E-state index contributed by atoms with van der Waals surface area (Å²) in [5.74, 6) is 1.58. The lowest BCUT2D eigenvalue weighted by Gasteiger charge is -2.21. The van der Waals surface area contributed by atoms with Crippen molar-refractivity contribution in [1.82, 2.24) is 9.97 Å². The molecule has 23 heavy (non-hydrogen) atoms. The Labute approximate surface area is 136 Å². The van der Waals surface area contributed by atoms with E-state index in [1.165, 1.54) is 25.7 Å². The Morgan fingerprint density at radius 3 is 2.65 bits per heavy atom. The molecule has 1 aliphatic rings. The van der Waals surface area contributed by atoms with Crippen molar-refractivity contribution in [2.24, 2.45) is 0 Å². The highest BCUT2D eigenvalue weighted by Crippen LogP contribution is 2.20. The van der Waals surface area contributed by atoms with Gasteiger partial charge >= 0.3 is 0 Å². The fourth-order valence-electron chi connectivity index (χ4n) is 2.83. The maximum absolute atomic E-state index is 11.5. The van der Waals surface area contributed by atoms with E-state index in [1.54, 1.807) is 13.1 Å². The van der Waals surface area contributed by atoms with Gasteiger partial charge in [-0.3, -0.25) is 4.79 Å². The van der Waals surface area contributed by atoms with Gasteiger partial charge in [-0.15, -0.1) is 0 Å². The van der Waals surface area contributed by atoms with E-state index in [2.05, 4.69) is 20.2 Å². The number of carbonyl (C=O) groups is 1. The first-order valence-electron chi connectivity index (χ1n) is 8.18. The quantitative estimate of drug-likeness (QED) is 0.870. The maximum Gasteiger partial charge on any atom is 0.229 e. The molecule has 0 bridgehead atoms. The zero-order chi connectivity index (χ0) is 16.1. The summed E-state index contributed by atoms with van der Waals surface area (Å²) in [5, 5.41) is 3.19. The van der Waals surface area contributed by atoms with E-state index in [0.717, 1.165) is 24.6 Å². The molecule has 1 fully saturated rings. The summed E-state index contributed by atoms with van der Waals surface area (Å²) in [6.07, 6.45) is 6.81. The Kier molecular flexibility index (Phi) is 4.86. The van der Waals surface area contributed by atoms with Crippen molar-refractivity contribution >= 4 is 23.2 Å². The average molecular weight is 310 g/mol. The van der Waals surface area contributed by atoms with Crippen LogP contribution in [0, 0.1) is 0 Å². The van der Waals surface area contributed by atoms with Crippen LogP contribution in [-0.4, -0.2) is 28.8 Å². The van der Waals surface area contributed by atoms with Crippen LogP contribution in [0.2, 0.25) is 0 Å². The zero-order valence-electron chi connectivity index (χ0n) is 13.5. The molecule has 1 saturated heterocycles. The number of nitrogens with zero attached hydrogens (tertiary/aromatic N) is 3. The summed E-state index contributed by atoms with van der Waals surface area (Å²) in [6, 6.07) is 9.36. The molecule has 0 atom stereocenters. The minimum Gasteiger partial charge on any atom is -0.356 e. The molecule has 2 aromatic rings. The van der Waals surface area contributed by atoms with Gasteiger partial charge in [0.15, 0.2) is 5.78 Å². The molecule has 5 nitrogen and oxygen atoms in total. The molecule has 0 amide bonds. The van der Waals surface area contributed by atoms with Crippen LogP contribution < -0.4 is 10.2 Å². The molecule has 0 radical (unpaired) electrons. The average Bonchev–Trinajstić information content (AvgIpc) is 2.85. The molecule has 1 aliphatic heterocycles. The number of benzene rings is 1. The molecule has 0 aliphatic carbocycles. The van der Waals surface area contributed by atoms with E-state index in [1.807, 2.05) is 30.3 Å². The number of aromatic nitrogens is 2. The van der Waals surface area contributed by atoms with E-state index < -0.39 is 0 Å². The van der Waals surface area contributed by atoms with Crippen molar-refractivity contribution in [3.05, 3.63) is 42.1 Å². The lowest BCUT2D eigenvalue weighted by atomic mass is 10.1. The third-order valence-corrected chi connectivity index (χ3v) is 4.10. The van der Waals surface area contributed by atoms with Gasteiger partial charge in [0.1, 0.15) is 5.82 Å². The first kappa shape index (κ1) is 15.5. The van der Waals surface area contributed by atoms with Crippen LogP contribution in [0.15, 0.2) is 36.5 Å². The zero-order valence-corrected chi connectivity index (χ0v) is 13.5. The third-order valence-electron chi connectivity index (χ3n) is 4.10. The Balaban J connectivity index is 1.77. The molecular formula is C18H22N4O. The van der Waals surface area contributed by atoms with Gasteiger partial charge in [-0.1, -0.05) is 25.0 Å². The number of carbonyl (C=O) groups excluding carboxylic acids is 1. The van der Waals surface area contributed by atoms with E-state index in [-0.39, 0.29) is 5.78 Å². The van der Waals surface area contributed by atoms with Gasteiger partial charge in [-0.25, -0.2) is 4.98 Å². The number of hydrogen-bond donors (Lipinski definition) is 1. The number of anilines is 3. The van der Waals surface area contributed by atoms with Gasteiger partial charge in [0.25, 0.3) is 0 Å². The van der Waals surface area contributed by atoms with Crippen LogP contribution >= 0.6 is 0 Å². The topological polar surface area (TPSA) is 58.1 Å². The number of hydrogen-bond acceptors (Lipinski definition) is 5. The van der Waals surface area contributed by atoms with E-state index in [4.69, 9.17) is 0 Å². The van der Waals surface area contributed by atoms with Crippen LogP contribution in [0.4, 0.5) is 17.5 Å². The van der Waals surface area contributed by atoms with Gasteiger partial charge in [0.05, 0.1) is 0 Å². The molecule has 1 aromatic carbocycles. The second kappa shape index (κ2) is 7.22. The highest BCUT2D eigenvalue weighted by Gasteiger charge is 2.12. The Hall–Kier alpha value is -2.43. The summed E-state index contributed by atoms with van der Waals surface area (Å²) in [6.45, 7) is 3.67. The van der Waals surface area contributed by atoms with Crippen LogP contribution in [0.1, 0.15) is 43.0 Å². The number of ketones is 1. The van der Waals surface area contributed by atoms with Crippen molar-refractivity contribution < 1.29 is 4.79 Å². The van der Waals surface area contributed by atoms with Gasteiger partial charge in [-0.05, 0) is 38.0 Å². The second-order valence-electron chi connectivity index (χ2n) is 5.90. The van der Waals surface area contributed by atoms with Crippen molar-refractivity contribution in [3.63, 3.8) is 0 Å². The first-order valence-corrected chi connectivity index (χ1v) is 8.18. The summed E-state index contributed by atoms with van der Waals surface area (Å²) in [4.78, 5) is 22.7. The number of nitrogens with one attached hydrogen (secondary N) is 1. The Morgan fingerprint density at radius 2 is 1.91 bits per heavy atom. The SMILES string of the molecule is CC(=O)c1cccc(Nc2nccc(N3CCCCCC3)n2)c1. The normalized spacial score (nSPS) is 15.1. The molecule has 0 unspecified atom stereocenters. The minimum atomic E-state index is 0.0490. The molecular weight excluding hydrogens is 288 g/mol. The fourth-order valence-corrected chi connectivity index (χ4v) is 2.83. The summed E-state index contributed by atoms with van der Waals surface area (Å²) in [7, 11) is 0. The highest BCUT2D eigenvalue weighted by atomic mass is 16.1. The molecule has 1 aromatic heterocycles. The smallest absolute Gasteiger partial charge is 0.229 e. The number of Topliss-reactive ketones (excluding diaryl/α,β-unsaturated/α-hetero) is 1. The van der Waals surface area contributed by atoms with Gasteiger partial charge in [0.2, 0.25) is 5.95 Å². The second-order valence-corrected chi connectivity index (χ2v) is 5.90. The summed E-state index contributed by atoms with van der Waals surface area (Å²) in [5.41, 5.74) is 1.50. The maximum atomic E-state index is 11.5. The molecule has 120 valence electrons. The van der Waals surface area contributed by atoms with Crippen LogP contribution in [0.3, 0.4) is 0 Å². The van der Waals surface area contributed by atoms with Crippen LogP contribution in [-0.2, 0) is 0 Å². The van der Waals surface area contributed by atoms with E-state index in [9.17, 15) is 4.79 Å². The monoisotopic (exact) mass is 310 g/mol. The fraction of sp³-hybridized carbons (Fsp3) is 0.389. The Bertz CT molecular complexity index is 678. The molecule has 0 spiro atoms. The van der Waals surface area contributed by atoms with Crippen LogP contribution in [0.25, 0.3) is 0 Å². The summed E-state index contributed by atoms with van der Waals surface area (Å²) >= 11 is 0. The molecule has 2 heterocycles. The predicted octanol–water partition coefficient (Wildman–Crippen LogP) is 3.80. The summed E-state index contributed by atoms with van der Waals surface area (Å²) < 4.78 is 0. The lowest BCUT2D eigenvalue weighted by Crippen LogP contribution is -2.25. The standard InChI is InChI=1S/C18H22N4O/c1-14(23)15-7-6-8-16(13-15)20-18-19-10-9-17(21-18)22-11-4-2-3-5-12-22/h6-10,13H,2-5,11-12H2,1H3,(H,19,20,21). The minimum absolute atomic E-state index is 0.0490. The van der Waals surface area contributed by atoms with E-state index in [0.29, 0.717) is 11.5 Å². The first-order chi connectivity index (χ1) is 11.2. The highest BCUT2D eigenvalue weighted by molar-refractivity contribution is 5.95. The predicted molar refractivity (Wildman–Crippen MR) is 92.4 cm³/mol. The van der Waals surface area contributed by atoms with Gasteiger partial charge in [0, 0.05) is 30.5 Å². The molecule has 5 heteroatoms. The molecule has 3 rings (SSSR count). The van der Waals surface area contributed by atoms with Gasteiger partial charge in [-0.2, -0.15) is 4.98 Å². The van der Waals surface area contributed by atoms with Gasteiger partial charge < -0.3 is 10.2 Å². The van der Waals surface area contributed by atoms with Crippen molar-refractivity contribution in [2.45, 2.75) is 32.6 Å². The third kappa shape index (κ3) is 4.06. The van der Waals surface area contributed by atoms with Crippen molar-refractivity contribution in [3.8, 4) is 0 Å². The molecule has 0 saturated carbocycles. The van der Waals surface area contributed by atoms with Crippen molar-refractivity contribution in [2.75, 3.05) is 23.3 Å². The Morgan fingerprint density at radius 1 is 1.13 bits per heavy atom. The van der Waals surface area contributed by atoms with E-state index >= 15 is 0 Å². The molecule has 1 N–H and O–H groups in total. The van der Waals surface area contributed by atoms with Crippen LogP contribution in [0.5, 0.6) is 0 Å². The van der Waals surface area contributed by atoms with Crippen molar-refractivity contribution in [1.29, 1.82) is 0 Å². The number of rotatable bonds is 4.